The Kier molecular flexibility index (Phi) is 7.24. The second-order valence-electron chi connectivity index (χ2n) is 6.89. The van der Waals surface area contributed by atoms with Gasteiger partial charge in [0.2, 0.25) is 5.91 Å². The van der Waals surface area contributed by atoms with E-state index >= 15 is 0 Å². The van der Waals surface area contributed by atoms with Gasteiger partial charge in [0.15, 0.2) is 0 Å². The smallest absolute Gasteiger partial charge is 0.220 e. The number of nitrogens with zero attached hydrogens (tertiary/aromatic N) is 2. The first-order valence-corrected chi connectivity index (χ1v) is 10.5. The fourth-order valence-corrected chi connectivity index (χ4v) is 4.40. The maximum absolute atomic E-state index is 12.0. The van der Waals surface area contributed by atoms with Crippen molar-refractivity contribution in [3.05, 3.63) is 29.3 Å². The Morgan fingerprint density at radius 1 is 1.12 bits per heavy atom. The number of carbonyl (C=O) groups excluding carboxylic acids is 1. The normalized spacial score (nSPS) is 16.0. The van der Waals surface area contributed by atoms with E-state index < -0.39 is 0 Å². The van der Waals surface area contributed by atoms with Gasteiger partial charge in [-0.25, -0.2) is 4.98 Å². The number of para-hydroxylation sites is 1. The molecule has 0 unspecified atom stereocenters. The highest BCUT2D eigenvalue weighted by Crippen LogP contribution is 2.22. The molecule has 4 nitrogen and oxygen atoms in total. The molecule has 1 N–H and O–H groups in total. The van der Waals surface area contributed by atoms with Gasteiger partial charge in [0.1, 0.15) is 0 Å². The molecule has 0 radical (unpaired) electrons. The molecule has 2 heterocycles. The summed E-state index contributed by atoms with van der Waals surface area (Å²) in [6, 6.07) is 8.27. The largest absolute Gasteiger partial charge is 0.355 e. The van der Waals surface area contributed by atoms with E-state index in [1.165, 1.54) is 48.5 Å². The lowest BCUT2D eigenvalue weighted by Gasteiger charge is -2.19. The van der Waals surface area contributed by atoms with Gasteiger partial charge in [-0.1, -0.05) is 25.0 Å². The van der Waals surface area contributed by atoms with Crippen molar-refractivity contribution in [3.63, 3.8) is 0 Å². The number of hydrogen-bond acceptors (Lipinski definition) is 4. The third kappa shape index (κ3) is 6.08. The van der Waals surface area contributed by atoms with Crippen LogP contribution >= 0.6 is 11.3 Å². The van der Waals surface area contributed by atoms with Gasteiger partial charge in [-0.3, -0.25) is 4.79 Å². The molecule has 2 aromatic rings. The van der Waals surface area contributed by atoms with Crippen molar-refractivity contribution >= 4 is 27.5 Å². The van der Waals surface area contributed by atoms with Gasteiger partial charge in [0.05, 0.1) is 15.2 Å². The molecular weight excluding hydrogens is 330 g/mol. The second-order valence-corrected chi connectivity index (χ2v) is 8.00. The third-order valence-electron chi connectivity index (χ3n) is 4.83. The minimum Gasteiger partial charge on any atom is -0.355 e. The van der Waals surface area contributed by atoms with Gasteiger partial charge >= 0.3 is 0 Å². The van der Waals surface area contributed by atoms with Crippen molar-refractivity contribution in [3.8, 4) is 0 Å². The quantitative estimate of drug-likeness (QED) is 0.725. The van der Waals surface area contributed by atoms with Crippen molar-refractivity contribution in [1.29, 1.82) is 0 Å². The van der Waals surface area contributed by atoms with E-state index in [1.807, 2.05) is 6.07 Å². The standard InChI is InChI=1S/C20H29N3OS/c24-19(21-13-16-23-14-7-1-2-8-15-23)11-5-6-12-20-22-17-9-3-4-10-18(17)25-20/h3-4,9-10H,1-2,5-8,11-16H2,(H,21,24). The Bertz CT molecular complexity index is 629. The predicted octanol–water partition coefficient (Wildman–Crippen LogP) is 4.00. The molecule has 1 aliphatic rings. The van der Waals surface area contributed by atoms with Crippen LogP contribution in [0.1, 0.15) is 50.0 Å². The fraction of sp³-hybridized carbons (Fsp3) is 0.600. The van der Waals surface area contributed by atoms with Crippen LogP contribution in [0.3, 0.4) is 0 Å². The zero-order valence-corrected chi connectivity index (χ0v) is 15.8. The maximum Gasteiger partial charge on any atom is 0.220 e. The highest BCUT2D eigenvalue weighted by molar-refractivity contribution is 7.18. The fourth-order valence-electron chi connectivity index (χ4n) is 3.39. The zero-order valence-electron chi connectivity index (χ0n) is 15.0. The maximum atomic E-state index is 12.0. The van der Waals surface area contributed by atoms with Gasteiger partial charge in [-0.15, -0.1) is 11.3 Å². The Hall–Kier alpha value is -1.46. The van der Waals surface area contributed by atoms with Crippen LogP contribution < -0.4 is 5.32 Å². The Morgan fingerprint density at radius 3 is 2.72 bits per heavy atom. The number of unbranched alkanes of at least 4 members (excludes halogenated alkanes) is 1. The summed E-state index contributed by atoms with van der Waals surface area (Å²) in [6.07, 6.45) is 8.89. The van der Waals surface area contributed by atoms with Crippen LogP contribution in [0.25, 0.3) is 10.2 Å². The predicted molar refractivity (Wildman–Crippen MR) is 105 cm³/mol. The number of thiazole rings is 1. The van der Waals surface area contributed by atoms with Crippen molar-refractivity contribution in [1.82, 2.24) is 15.2 Å². The average Bonchev–Trinajstić information content (AvgIpc) is 2.86. The number of rotatable bonds is 8. The molecule has 1 amide bonds. The molecule has 3 rings (SSSR count). The summed E-state index contributed by atoms with van der Waals surface area (Å²) in [5.41, 5.74) is 1.09. The summed E-state index contributed by atoms with van der Waals surface area (Å²) in [7, 11) is 0. The molecule has 0 bridgehead atoms. The molecule has 136 valence electrons. The van der Waals surface area contributed by atoms with Crippen molar-refractivity contribution in [2.75, 3.05) is 26.2 Å². The molecular formula is C20H29N3OS. The zero-order chi connectivity index (χ0) is 17.3. The van der Waals surface area contributed by atoms with Gasteiger partial charge in [-0.2, -0.15) is 0 Å². The average molecular weight is 360 g/mol. The monoisotopic (exact) mass is 359 g/mol. The molecule has 25 heavy (non-hydrogen) atoms. The molecule has 0 atom stereocenters. The number of fused-ring (bicyclic) bond motifs is 1. The number of likely N-dealkylation sites (tertiary alicyclic amines) is 1. The van der Waals surface area contributed by atoms with Crippen LogP contribution in [0, 0.1) is 0 Å². The first-order chi connectivity index (χ1) is 12.3. The molecule has 1 fully saturated rings. The SMILES string of the molecule is O=C(CCCCc1nc2ccccc2s1)NCCN1CCCCCC1. The first kappa shape index (κ1) is 18.3. The van der Waals surface area contributed by atoms with Gasteiger partial charge in [-0.05, 0) is 57.3 Å². The van der Waals surface area contributed by atoms with Crippen LogP contribution in [0.5, 0.6) is 0 Å². The van der Waals surface area contributed by atoms with Crippen molar-refractivity contribution < 1.29 is 4.79 Å². The van der Waals surface area contributed by atoms with Crippen LogP contribution in [0.2, 0.25) is 0 Å². The van der Waals surface area contributed by atoms with E-state index in [4.69, 9.17) is 0 Å². The van der Waals surface area contributed by atoms with Gasteiger partial charge < -0.3 is 10.2 Å². The number of nitrogens with one attached hydrogen (secondary N) is 1. The van der Waals surface area contributed by atoms with Crippen LogP contribution in [-0.2, 0) is 11.2 Å². The molecule has 1 saturated heterocycles. The summed E-state index contributed by atoms with van der Waals surface area (Å²) in [6.45, 7) is 4.17. The lowest BCUT2D eigenvalue weighted by atomic mass is 10.2. The molecule has 1 aromatic carbocycles. The molecule has 0 aliphatic carbocycles. The van der Waals surface area contributed by atoms with E-state index in [2.05, 4.69) is 33.4 Å². The molecule has 1 aromatic heterocycles. The van der Waals surface area contributed by atoms with E-state index in [-0.39, 0.29) is 5.91 Å². The summed E-state index contributed by atoms with van der Waals surface area (Å²) in [5, 5.41) is 4.26. The Morgan fingerprint density at radius 2 is 1.92 bits per heavy atom. The number of benzene rings is 1. The van der Waals surface area contributed by atoms with Crippen molar-refractivity contribution in [2.24, 2.45) is 0 Å². The summed E-state index contributed by atoms with van der Waals surface area (Å²) >= 11 is 1.77. The van der Waals surface area contributed by atoms with Gasteiger partial charge in [0, 0.05) is 19.5 Å². The number of carbonyl (C=O) groups is 1. The van der Waals surface area contributed by atoms with Crippen LogP contribution in [0.15, 0.2) is 24.3 Å². The lowest BCUT2D eigenvalue weighted by Crippen LogP contribution is -2.35. The molecule has 5 heteroatoms. The molecule has 0 saturated carbocycles. The van der Waals surface area contributed by atoms with E-state index in [0.29, 0.717) is 6.42 Å². The van der Waals surface area contributed by atoms with Gasteiger partial charge in [0.25, 0.3) is 0 Å². The van der Waals surface area contributed by atoms with E-state index in [9.17, 15) is 4.79 Å². The number of aromatic nitrogens is 1. The van der Waals surface area contributed by atoms with E-state index in [1.54, 1.807) is 11.3 Å². The summed E-state index contributed by atoms with van der Waals surface area (Å²) in [4.78, 5) is 19.1. The highest BCUT2D eigenvalue weighted by Gasteiger charge is 2.09. The topological polar surface area (TPSA) is 45.2 Å². The third-order valence-corrected chi connectivity index (χ3v) is 5.93. The summed E-state index contributed by atoms with van der Waals surface area (Å²) < 4.78 is 1.25. The Labute approximate surface area is 154 Å². The lowest BCUT2D eigenvalue weighted by molar-refractivity contribution is -0.121. The Balaban J connectivity index is 1.27. The van der Waals surface area contributed by atoms with Crippen LogP contribution in [-0.4, -0.2) is 42.0 Å². The highest BCUT2D eigenvalue weighted by atomic mass is 32.1. The minimum atomic E-state index is 0.194. The first-order valence-electron chi connectivity index (χ1n) is 9.65. The minimum absolute atomic E-state index is 0.194. The summed E-state index contributed by atoms with van der Waals surface area (Å²) in [5.74, 6) is 0.194. The molecule has 1 aliphatic heterocycles. The second kappa shape index (κ2) is 9.88. The number of aryl methyl sites for hydroxylation is 1. The van der Waals surface area contributed by atoms with E-state index in [0.717, 1.165) is 37.9 Å². The van der Waals surface area contributed by atoms with Crippen molar-refractivity contribution in [2.45, 2.75) is 51.4 Å². The number of hydrogen-bond donors (Lipinski definition) is 1. The number of amides is 1. The van der Waals surface area contributed by atoms with Crippen LogP contribution in [0.4, 0.5) is 0 Å². The molecule has 0 spiro atoms.